The van der Waals surface area contributed by atoms with Gasteiger partial charge in [0.25, 0.3) is 5.91 Å². The normalized spacial score (nSPS) is 13.0. The zero-order valence-corrected chi connectivity index (χ0v) is 15.4. The van der Waals surface area contributed by atoms with E-state index >= 15 is 0 Å². The van der Waals surface area contributed by atoms with Gasteiger partial charge in [0.2, 0.25) is 0 Å². The molecule has 0 saturated heterocycles. The van der Waals surface area contributed by atoms with Crippen LogP contribution in [-0.2, 0) is 9.53 Å². The SMILES string of the molecule is COC(=O)C(C)CN(C(=O)c1cccc(Cl)c1)C(C)c1ccccc1. The van der Waals surface area contributed by atoms with Crippen LogP contribution in [-0.4, -0.2) is 30.4 Å². The molecule has 5 heteroatoms. The molecule has 0 radical (unpaired) electrons. The Balaban J connectivity index is 2.34. The molecule has 132 valence electrons. The Labute approximate surface area is 153 Å². The van der Waals surface area contributed by atoms with E-state index in [4.69, 9.17) is 16.3 Å². The van der Waals surface area contributed by atoms with Gasteiger partial charge in [-0.3, -0.25) is 9.59 Å². The minimum absolute atomic E-state index is 0.172. The first-order valence-electron chi connectivity index (χ1n) is 8.13. The first-order chi connectivity index (χ1) is 11.9. The molecule has 0 fully saturated rings. The van der Waals surface area contributed by atoms with Gasteiger partial charge in [0.15, 0.2) is 0 Å². The highest BCUT2D eigenvalue weighted by Gasteiger charge is 2.27. The summed E-state index contributed by atoms with van der Waals surface area (Å²) >= 11 is 6.02. The van der Waals surface area contributed by atoms with Crippen molar-refractivity contribution in [3.63, 3.8) is 0 Å². The molecule has 0 aliphatic heterocycles. The third-order valence-corrected chi connectivity index (χ3v) is 4.39. The quantitative estimate of drug-likeness (QED) is 0.720. The summed E-state index contributed by atoms with van der Waals surface area (Å²) < 4.78 is 4.80. The van der Waals surface area contributed by atoms with Crippen molar-refractivity contribution in [2.75, 3.05) is 13.7 Å². The van der Waals surface area contributed by atoms with Gasteiger partial charge in [-0.1, -0.05) is 54.9 Å². The van der Waals surface area contributed by atoms with Crippen molar-refractivity contribution in [2.45, 2.75) is 19.9 Å². The van der Waals surface area contributed by atoms with Crippen LogP contribution in [0.3, 0.4) is 0 Å². The van der Waals surface area contributed by atoms with Gasteiger partial charge >= 0.3 is 5.97 Å². The molecule has 1 amide bonds. The minimum atomic E-state index is -0.431. The van der Waals surface area contributed by atoms with Crippen LogP contribution in [0.15, 0.2) is 54.6 Å². The summed E-state index contributed by atoms with van der Waals surface area (Å²) in [5.74, 6) is -0.946. The Bertz CT molecular complexity index is 733. The summed E-state index contributed by atoms with van der Waals surface area (Å²) in [7, 11) is 1.35. The van der Waals surface area contributed by atoms with Crippen LogP contribution in [0.4, 0.5) is 0 Å². The lowest BCUT2D eigenvalue weighted by molar-refractivity contribution is -0.145. The molecular weight excluding hydrogens is 338 g/mol. The third kappa shape index (κ3) is 4.83. The van der Waals surface area contributed by atoms with E-state index in [-0.39, 0.29) is 24.5 Å². The number of nitrogens with zero attached hydrogens (tertiary/aromatic N) is 1. The van der Waals surface area contributed by atoms with Gasteiger partial charge in [-0.25, -0.2) is 0 Å². The topological polar surface area (TPSA) is 46.6 Å². The number of hydrogen-bond donors (Lipinski definition) is 0. The molecule has 2 aromatic rings. The molecule has 0 heterocycles. The molecule has 0 bridgehead atoms. The van der Waals surface area contributed by atoms with Gasteiger partial charge in [0.1, 0.15) is 0 Å². The molecule has 0 aliphatic carbocycles. The van der Waals surface area contributed by atoms with Crippen LogP contribution in [0.2, 0.25) is 5.02 Å². The maximum atomic E-state index is 13.1. The van der Waals surface area contributed by atoms with Crippen molar-refractivity contribution in [1.82, 2.24) is 4.90 Å². The number of amides is 1. The fourth-order valence-corrected chi connectivity index (χ4v) is 2.88. The van der Waals surface area contributed by atoms with Crippen molar-refractivity contribution in [2.24, 2.45) is 5.92 Å². The number of benzene rings is 2. The lowest BCUT2D eigenvalue weighted by atomic mass is 10.0. The van der Waals surface area contributed by atoms with Crippen LogP contribution >= 0.6 is 11.6 Å². The smallest absolute Gasteiger partial charge is 0.310 e. The molecule has 2 atom stereocenters. The lowest BCUT2D eigenvalue weighted by Crippen LogP contribution is -2.39. The largest absolute Gasteiger partial charge is 0.469 e. The second-order valence-electron chi connectivity index (χ2n) is 5.98. The Hall–Kier alpha value is -2.33. The first-order valence-corrected chi connectivity index (χ1v) is 8.51. The minimum Gasteiger partial charge on any atom is -0.469 e. The van der Waals surface area contributed by atoms with Crippen LogP contribution in [0.25, 0.3) is 0 Å². The van der Waals surface area contributed by atoms with E-state index in [1.165, 1.54) is 7.11 Å². The number of methoxy groups -OCH3 is 1. The highest BCUT2D eigenvalue weighted by molar-refractivity contribution is 6.30. The highest BCUT2D eigenvalue weighted by Crippen LogP contribution is 2.24. The summed E-state index contributed by atoms with van der Waals surface area (Å²) in [6.07, 6.45) is 0. The molecule has 0 saturated carbocycles. The number of carbonyl (C=O) groups excluding carboxylic acids is 2. The van der Waals surface area contributed by atoms with Crippen LogP contribution in [0.1, 0.15) is 35.8 Å². The predicted octanol–water partition coefficient (Wildman–Crippen LogP) is 4.35. The predicted molar refractivity (Wildman–Crippen MR) is 98.5 cm³/mol. The second kappa shape index (κ2) is 8.67. The molecule has 2 rings (SSSR count). The first kappa shape index (κ1) is 19.0. The van der Waals surface area contributed by atoms with Crippen LogP contribution in [0.5, 0.6) is 0 Å². The second-order valence-corrected chi connectivity index (χ2v) is 6.42. The average Bonchev–Trinajstić information content (AvgIpc) is 2.64. The van der Waals surface area contributed by atoms with Crippen molar-refractivity contribution in [1.29, 1.82) is 0 Å². The number of carbonyl (C=O) groups is 2. The Kier molecular flexibility index (Phi) is 6.59. The number of halogens is 1. The molecule has 4 nitrogen and oxygen atoms in total. The van der Waals surface area contributed by atoms with Crippen molar-refractivity contribution >= 4 is 23.5 Å². The number of ether oxygens (including phenoxy) is 1. The number of esters is 1. The van der Waals surface area contributed by atoms with E-state index in [0.717, 1.165) is 5.56 Å². The fraction of sp³-hybridized carbons (Fsp3) is 0.300. The van der Waals surface area contributed by atoms with Crippen LogP contribution < -0.4 is 0 Å². The van der Waals surface area contributed by atoms with Gasteiger partial charge < -0.3 is 9.64 Å². The molecule has 0 spiro atoms. The average molecular weight is 360 g/mol. The molecule has 2 unspecified atom stereocenters. The van der Waals surface area contributed by atoms with Gasteiger partial charge in [-0.05, 0) is 30.7 Å². The van der Waals surface area contributed by atoms with Crippen molar-refractivity contribution < 1.29 is 14.3 Å². The zero-order valence-electron chi connectivity index (χ0n) is 14.6. The standard InChI is InChI=1S/C20H22ClNO3/c1-14(20(24)25-3)13-22(15(2)16-8-5-4-6-9-16)19(23)17-10-7-11-18(21)12-17/h4-12,14-15H,13H2,1-3H3. The summed E-state index contributed by atoms with van der Waals surface area (Å²) in [5.41, 5.74) is 1.49. The maximum absolute atomic E-state index is 13.1. The van der Waals surface area contributed by atoms with E-state index < -0.39 is 5.92 Å². The molecule has 0 N–H and O–H groups in total. The van der Waals surface area contributed by atoms with Crippen molar-refractivity contribution in [3.8, 4) is 0 Å². The zero-order chi connectivity index (χ0) is 18.4. The Morgan fingerprint density at radius 2 is 1.76 bits per heavy atom. The molecule has 0 aliphatic rings. The Morgan fingerprint density at radius 3 is 2.36 bits per heavy atom. The molecule has 0 aromatic heterocycles. The van der Waals surface area contributed by atoms with Crippen molar-refractivity contribution in [3.05, 3.63) is 70.7 Å². The Morgan fingerprint density at radius 1 is 1.08 bits per heavy atom. The van der Waals surface area contributed by atoms with Gasteiger partial charge in [0.05, 0.1) is 19.1 Å². The lowest BCUT2D eigenvalue weighted by Gasteiger charge is -2.31. The summed E-state index contributed by atoms with van der Waals surface area (Å²) in [4.78, 5) is 26.6. The molecule has 25 heavy (non-hydrogen) atoms. The molecular formula is C20H22ClNO3. The number of hydrogen-bond acceptors (Lipinski definition) is 3. The van der Waals surface area contributed by atoms with E-state index in [1.54, 1.807) is 36.1 Å². The van der Waals surface area contributed by atoms with E-state index in [9.17, 15) is 9.59 Å². The maximum Gasteiger partial charge on any atom is 0.310 e. The third-order valence-electron chi connectivity index (χ3n) is 4.16. The summed E-state index contributed by atoms with van der Waals surface area (Å²) in [5, 5.41) is 0.499. The summed E-state index contributed by atoms with van der Waals surface area (Å²) in [6, 6.07) is 16.3. The molecule has 2 aromatic carbocycles. The summed E-state index contributed by atoms with van der Waals surface area (Å²) in [6.45, 7) is 3.96. The number of rotatable bonds is 6. The monoisotopic (exact) mass is 359 g/mol. The van der Waals surface area contributed by atoms with E-state index in [2.05, 4.69) is 0 Å². The van der Waals surface area contributed by atoms with Gasteiger partial charge in [0, 0.05) is 17.1 Å². The van der Waals surface area contributed by atoms with E-state index in [0.29, 0.717) is 10.6 Å². The van der Waals surface area contributed by atoms with Gasteiger partial charge in [-0.2, -0.15) is 0 Å². The fourth-order valence-electron chi connectivity index (χ4n) is 2.69. The van der Waals surface area contributed by atoms with Crippen LogP contribution in [0, 0.1) is 5.92 Å². The highest BCUT2D eigenvalue weighted by atomic mass is 35.5. The van der Waals surface area contributed by atoms with E-state index in [1.807, 2.05) is 37.3 Å². The van der Waals surface area contributed by atoms with Gasteiger partial charge in [-0.15, -0.1) is 0 Å².